The van der Waals surface area contributed by atoms with Crippen molar-refractivity contribution in [1.29, 1.82) is 0 Å². The van der Waals surface area contributed by atoms with Crippen molar-refractivity contribution in [1.82, 2.24) is 14.3 Å². The van der Waals surface area contributed by atoms with E-state index in [0.29, 0.717) is 14.9 Å². The molecule has 2 rings (SSSR count). The quantitative estimate of drug-likeness (QED) is 0.902. The van der Waals surface area contributed by atoms with Gasteiger partial charge in [-0.3, -0.25) is 0 Å². The van der Waals surface area contributed by atoms with Crippen molar-refractivity contribution in [2.24, 2.45) is 0 Å². The third kappa shape index (κ3) is 2.20. The van der Waals surface area contributed by atoms with E-state index in [1.807, 2.05) is 0 Å². The highest BCUT2D eigenvalue weighted by molar-refractivity contribution is 8.01. The number of pyridine rings is 1. The maximum Gasteiger partial charge on any atom is 0.338 e. The fourth-order valence-corrected chi connectivity index (χ4v) is 2.68. The first-order chi connectivity index (χ1) is 7.68. The molecule has 0 saturated carbocycles. The Balaban J connectivity index is 2.40. The summed E-state index contributed by atoms with van der Waals surface area (Å²) in [4.78, 5) is 19.1. The van der Waals surface area contributed by atoms with Gasteiger partial charge >= 0.3 is 5.97 Å². The first-order valence-electron chi connectivity index (χ1n) is 4.32. The summed E-state index contributed by atoms with van der Waals surface area (Å²) in [7, 11) is 0. The van der Waals surface area contributed by atoms with Gasteiger partial charge in [-0.15, -0.1) is 0 Å². The molecule has 5 nitrogen and oxygen atoms in total. The lowest BCUT2D eigenvalue weighted by atomic mass is 10.2. The number of aryl methyl sites for hydroxylation is 1. The van der Waals surface area contributed by atoms with Crippen molar-refractivity contribution in [2.75, 3.05) is 0 Å². The Bertz CT molecular complexity index is 513. The average molecular weight is 253 g/mol. The molecule has 2 heterocycles. The van der Waals surface area contributed by atoms with Crippen LogP contribution in [0.3, 0.4) is 0 Å². The topological polar surface area (TPSA) is 76.0 Å². The molecule has 0 aromatic carbocycles. The van der Waals surface area contributed by atoms with Crippen LogP contribution >= 0.6 is 23.3 Å². The molecule has 82 valence electrons. The molecule has 0 aliphatic rings. The Morgan fingerprint density at radius 1 is 1.50 bits per heavy atom. The second-order valence-electron chi connectivity index (χ2n) is 2.92. The standard InChI is InChI=1S/C9H7N3O2S2/c1-5-2-3-10-7(6(5)8(13)14)15-9-11-4-12-16-9/h2-4H,1H3,(H,13,14). The van der Waals surface area contributed by atoms with Crippen molar-refractivity contribution < 1.29 is 9.90 Å². The Labute approximate surface area is 99.7 Å². The Morgan fingerprint density at radius 2 is 2.31 bits per heavy atom. The van der Waals surface area contributed by atoms with Gasteiger partial charge in [-0.1, -0.05) is 0 Å². The minimum atomic E-state index is -0.974. The van der Waals surface area contributed by atoms with E-state index in [1.54, 1.807) is 19.2 Å². The number of hydrogen-bond acceptors (Lipinski definition) is 6. The molecular formula is C9H7N3O2S2. The highest BCUT2D eigenvalue weighted by Gasteiger charge is 2.16. The van der Waals surface area contributed by atoms with Gasteiger partial charge in [0.1, 0.15) is 11.4 Å². The molecule has 0 radical (unpaired) electrons. The highest BCUT2D eigenvalue weighted by atomic mass is 32.2. The first kappa shape index (κ1) is 11.0. The van der Waals surface area contributed by atoms with Gasteiger partial charge in [0, 0.05) is 6.20 Å². The van der Waals surface area contributed by atoms with Gasteiger partial charge in [0.2, 0.25) is 0 Å². The minimum Gasteiger partial charge on any atom is -0.478 e. The molecule has 2 aromatic heterocycles. The van der Waals surface area contributed by atoms with E-state index in [0.717, 1.165) is 0 Å². The number of aromatic nitrogens is 3. The molecule has 0 atom stereocenters. The van der Waals surface area contributed by atoms with E-state index in [-0.39, 0.29) is 5.56 Å². The van der Waals surface area contributed by atoms with E-state index in [9.17, 15) is 4.79 Å². The maximum atomic E-state index is 11.1. The number of aromatic carboxylic acids is 1. The van der Waals surface area contributed by atoms with Gasteiger partial charge in [0.25, 0.3) is 0 Å². The molecule has 0 spiro atoms. The molecule has 0 bridgehead atoms. The van der Waals surface area contributed by atoms with Crippen molar-refractivity contribution in [3.05, 3.63) is 29.7 Å². The summed E-state index contributed by atoms with van der Waals surface area (Å²) in [6.45, 7) is 1.75. The monoisotopic (exact) mass is 253 g/mol. The van der Waals surface area contributed by atoms with Gasteiger partial charge in [0.15, 0.2) is 4.34 Å². The second-order valence-corrected chi connectivity index (χ2v) is 4.94. The van der Waals surface area contributed by atoms with Crippen LogP contribution in [0.2, 0.25) is 0 Å². The van der Waals surface area contributed by atoms with Gasteiger partial charge < -0.3 is 5.11 Å². The summed E-state index contributed by atoms with van der Waals surface area (Å²) in [5.41, 5.74) is 0.914. The lowest BCUT2D eigenvalue weighted by Crippen LogP contribution is -2.03. The Kier molecular flexibility index (Phi) is 3.16. The Hall–Kier alpha value is -1.47. The molecule has 0 aliphatic carbocycles. The summed E-state index contributed by atoms with van der Waals surface area (Å²) in [5.74, 6) is -0.974. The van der Waals surface area contributed by atoms with Crippen LogP contribution < -0.4 is 0 Å². The first-order valence-corrected chi connectivity index (χ1v) is 5.91. The summed E-state index contributed by atoms with van der Waals surface area (Å²) in [5, 5.41) is 9.54. The maximum absolute atomic E-state index is 11.1. The molecule has 0 unspecified atom stereocenters. The van der Waals surface area contributed by atoms with Crippen LogP contribution in [0, 0.1) is 6.92 Å². The fourth-order valence-electron chi connectivity index (χ4n) is 1.16. The largest absolute Gasteiger partial charge is 0.478 e. The van der Waals surface area contributed by atoms with Gasteiger partial charge in [0.05, 0.1) is 5.56 Å². The molecule has 7 heteroatoms. The number of carbonyl (C=O) groups is 1. The number of rotatable bonds is 3. The van der Waals surface area contributed by atoms with Crippen LogP contribution in [-0.4, -0.2) is 25.4 Å². The summed E-state index contributed by atoms with van der Waals surface area (Å²) in [6, 6.07) is 1.67. The summed E-state index contributed by atoms with van der Waals surface area (Å²) in [6.07, 6.45) is 3.02. The zero-order chi connectivity index (χ0) is 11.5. The van der Waals surface area contributed by atoms with Crippen molar-refractivity contribution in [3.63, 3.8) is 0 Å². The highest BCUT2D eigenvalue weighted by Crippen LogP contribution is 2.30. The van der Waals surface area contributed by atoms with E-state index in [4.69, 9.17) is 5.11 Å². The third-order valence-corrected chi connectivity index (χ3v) is 3.58. The van der Waals surface area contributed by atoms with Crippen LogP contribution in [0.15, 0.2) is 28.0 Å². The SMILES string of the molecule is Cc1ccnc(Sc2ncns2)c1C(=O)O. The normalized spacial score (nSPS) is 10.3. The minimum absolute atomic E-state index is 0.225. The smallest absolute Gasteiger partial charge is 0.338 e. The zero-order valence-corrected chi connectivity index (χ0v) is 9.88. The van der Waals surface area contributed by atoms with Gasteiger partial charge in [-0.05, 0) is 41.8 Å². The molecule has 1 N–H and O–H groups in total. The molecule has 0 saturated heterocycles. The molecule has 0 amide bonds. The number of nitrogens with zero attached hydrogens (tertiary/aromatic N) is 3. The molecule has 16 heavy (non-hydrogen) atoms. The predicted octanol–water partition coefficient (Wildman–Crippen LogP) is 2.09. The lowest BCUT2D eigenvalue weighted by Gasteiger charge is -2.04. The average Bonchev–Trinajstić information content (AvgIpc) is 2.70. The van der Waals surface area contributed by atoms with Crippen LogP contribution in [-0.2, 0) is 0 Å². The Morgan fingerprint density at radius 3 is 2.94 bits per heavy atom. The van der Waals surface area contributed by atoms with E-state index >= 15 is 0 Å². The van der Waals surface area contributed by atoms with Crippen LogP contribution in [0.25, 0.3) is 0 Å². The predicted molar refractivity (Wildman–Crippen MR) is 60.0 cm³/mol. The van der Waals surface area contributed by atoms with E-state index in [2.05, 4.69) is 14.3 Å². The lowest BCUT2D eigenvalue weighted by molar-refractivity contribution is 0.0691. The third-order valence-electron chi connectivity index (χ3n) is 1.86. The van der Waals surface area contributed by atoms with Crippen LogP contribution in [0.5, 0.6) is 0 Å². The second kappa shape index (κ2) is 4.58. The van der Waals surface area contributed by atoms with Crippen molar-refractivity contribution in [2.45, 2.75) is 16.3 Å². The van der Waals surface area contributed by atoms with Gasteiger partial charge in [-0.2, -0.15) is 4.37 Å². The van der Waals surface area contributed by atoms with E-state index < -0.39 is 5.97 Å². The number of hydrogen-bond donors (Lipinski definition) is 1. The molecule has 0 aliphatic heterocycles. The fraction of sp³-hybridized carbons (Fsp3) is 0.111. The zero-order valence-electron chi connectivity index (χ0n) is 8.25. The van der Waals surface area contributed by atoms with Gasteiger partial charge in [-0.25, -0.2) is 14.8 Å². The number of carboxylic acid groups (broad SMARTS) is 1. The number of carboxylic acids is 1. The summed E-state index contributed by atoms with van der Waals surface area (Å²) >= 11 is 2.43. The van der Waals surface area contributed by atoms with Crippen molar-refractivity contribution >= 4 is 29.3 Å². The molecule has 2 aromatic rings. The summed E-state index contributed by atoms with van der Waals surface area (Å²) < 4.78 is 4.53. The van der Waals surface area contributed by atoms with E-state index in [1.165, 1.54) is 29.6 Å². The van der Waals surface area contributed by atoms with Crippen LogP contribution in [0.4, 0.5) is 0 Å². The molecule has 0 fully saturated rings. The van der Waals surface area contributed by atoms with Crippen LogP contribution in [0.1, 0.15) is 15.9 Å². The van der Waals surface area contributed by atoms with Crippen molar-refractivity contribution in [3.8, 4) is 0 Å². The molecular weight excluding hydrogens is 246 g/mol.